The van der Waals surface area contributed by atoms with E-state index < -0.39 is 0 Å². The lowest BCUT2D eigenvalue weighted by atomic mass is 10.0. The van der Waals surface area contributed by atoms with Gasteiger partial charge in [0.15, 0.2) is 0 Å². The Kier molecular flexibility index (Phi) is 5.83. The molecule has 1 atom stereocenters. The van der Waals surface area contributed by atoms with Gasteiger partial charge < -0.3 is 10.2 Å². The number of aryl methyl sites for hydroxylation is 2. The summed E-state index contributed by atoms with van der Waals surface area (Å²) < 4.78 is 0. The summed E-state index contributed by atoms with van der Waals surface area (Å²) in [6.45, 7) is 8.88. The zero-order valence-corrected chi connectivity index (χ0v) is 12.7. The smallest absolute Gasteiger partial charge is 0.227 e. The molecule has 19 heavy (non-hydrogen) atoms. The van der Waals surface area contributed by atoms with Crippen LogP contribution in [-0.4, -0.2) is 36.5 Å². The molecular formula is C15H23ClN2O. The second kappa shape index (κ2) is 6.92. The molecule has 0 radical (unpaired) electrons. The van der Waals surface area contributed by atoms with Gasteiger partial charge in [-0.2, -0.15) is 0 Å². The number of carbonyl (C=O) groups excluding carboxylic acids is 1. The van der Waals surface area contributed by atoms with Gasteiger partial charge in [0.2, 0.25) is 5.91 Å². The average molecular weight is 283 g/mol. The van der Waals surface area contributed by atoms with Gasteiger partial charge in [-0.1, -0.05) is 23.8 Å². The molecule has 0 spiro atoms. The van der Waals surface area contributed by atoms with Crippen LogP contribution in [-0.2, 0) is 11.2 Å². The van der Waals surface area contributed by atoms with Gasteiger partial charge in [0.1, 0.15) is 0 Å². The Morgan fingerprint density at radius 2 is 2.16 bits per heavy atom. The highest BCUT2D eigenvalue weighted by atomic mass is 35.5. The van der Waals surface area contributed by atoms with E-state index in [2.05, 4.69) is 44.3 Å². The van der Waals surface area contributed by atoms with E-state index in [4.69, 9.17) is 0 Å². The van der Waals surface area contributed by atoms with Crippen molar-refractivity contribution < 1.29 is 4.79 Å². The number of piperazine rings is 1. The van der Waals surface area contributed by atoms with Crippen LogP contribution in [0.5, 0.6) is 0 Å². The second-order valence-corrected chi connectivity index (χ2v) is 5.25. The van der Waals surface area contributed by atoms with Crippen LogP contribution in [0.15, 0.2) is 18.2 Å². The van der Waals surface area contributed by atoms with Crippen molar-refractivity contribution in [3.63, 3.8) is 0 Å². The van der Waals surface area contributed by atoms with Crippen LogP contribution in [0.2, 0.25) is 0 Å². The SMILES string of the molecule is Cc1ccc(C)c(CC(=O)N2CCNC[C@@H]2C)c1.Cl. The minimum absolute atomic E-state index is 0. The summed E-state index contributed by atoms with van der Waals surface area (Å²) in [7, 11) is 0. The Labute approximate surface area is 121 Å². The van der Waals surface area contributed by atoms with Gasteiger partial charge >= 0.3 is 0 Å². The molecule has 1 aromatic carbocycles. The zero-order valence-electron chi connectivity index (χ0n) is 11.9. The van der Waals surface area contributed by atoms with Crippen molar-refractivity contribution >= 4 is 18.3 Å². The van der Waals surface area contributed by atoms with Crippen molar-refractivity contribution in [2.45, 2.75) is 33.2 Å². The maximum absolute atomic E-state index is 12.3. The lowest BCUT2D eigenvalue weighted by Gasteiger charge is -2.34. The molecule has 1 aromatic rings. The average Bonchev–Trinajstić information content (AvgIpc) is 2.34. The quantitative estimate of drug-likeness (QED) is 0.901. The van der Waals surface area contributed by atoms with Gasteiger partial charge in [0.25, 0.3) is 0 Å². The summed E-state index contributed by atoms with van der Waals surface area (Å²) in [5.41, 5.74) is 3.58. The van der Waals surface area contributed by atoms with Crippen LogP contribution in [0.25, 0.3) is 0 Å². The first-order chi connectivity index (χ1) is 8.58. The van der Waals surface area contributed by atoms with Gasteiger partial charge in [-0.25, -0.2) is 0 Å². The first-order valence-electron chi connectivity index (χ1n) is 6.64. The van der Waals surface area contributed by atoms with E-state index in [9.17, 15) is 4.79 Å². The Bertz CT molecular complexity index is 448. The fourth-order valence-electron chi connectivity index (χ4n) is 2.47. The summed E-state index contributed by atoms with van der Waals surface area (Å²) >= 11 is 0. The molecule has 1 N–H and O–H groups in total. The number of hydrogen-bond acceptors (Lipinski definition) is 2. The highest BCUT2D eigenvalue weighted by Gasteiger charge is 2.23. The van der Waals surface area contributed by atoms with Gasteiger partial charge in [-0.05, 0) is 31.9 Å². The first kappa shape index (κ1) is 16.0. The topological polar surface area (TPSA) is 32.3 Å². The van der Waals surface area contributed by atoms with E-state index in [0.717, 1.165) is 25.2 Å². The first-order valence-corrected chi connectivity index (χ1v) is 6.64. The molecular weight excluding hydrogens is 260 g/mol. The van der Waals surface area contributed by atoms with Crippen molar-refractivity contribution in [3.8, 4) is 0 Å². The van der Waals surface area contributed by atoms with Gasteiger partial charge in [0, 0.05) is 25.7 Å². The number of hydrogen-bond donors (Lipinski definition) is 1. The summed E-state index contributed by atoms with van der Waals surface area (Å²) in [6.07, 6.45) is 0.526. The minimum Gasteiger partial charge on any atom is -0.337 e. The van der Waals surface area contributed by atoms with E-state index in [1.54, 1.807) is 0 Å². The van der Waals surface area contributed by atoms with Gasteiger partial charge in [-0.3, -0.25) is 4.79 Å². The molecule has 1 saturated heterocycles. The van der Waals surface area contributed by atoms with E-state index in [0.29, 0.717) is 12.5 Å². The fourth-order valence-corrected chi connectivity index (χ4v) is 2.47. The monoisotopic (exact) mass is 282 g/mol. The lowest BCUT2D eigenvalue weighted by Crippen LogP contribution is -2.52. The number of benzene rings is 1. The minimum atomic E-state index is 0. The van der Waals surface area contributed by atoms with Crippen LogP contribution in [0.3, 0.4) is 0 Å². The van der Waals surface area contributed by atoms with E-state index in [1.165, 1.54) is 11.1 Å². The summed E-state index contributed by atoms with van der Waals surface area (Å²) in [5.74, 6) is 0.248. The summed E-state index contributed by atoms with van der Waals surface area (Å²) in [5, 5.41) is 3.31. The predicted molar refractivity (Wildman–Crippen MR) is 80.9 cm³/mol. The van der Waals surface area contributed by atoms with Crippen LogP contribution in [0.4, 0.5) is 0 Å². The normalized spacial score (nSPS) is 18.9. The number of nitrogens with zero attached hydrogens (tertiary/aromatic N) is 1. The molecule has 3 nitrogen and oxygen atoms in total. The van der Waals surface area contributed by atoms with Crippen LogP contribution in [0.1, 0.15) is 23.6 Å². The fraction of sp³-hybridized carbons (Fsp3) is 0.533. The Balaban J connectivity index is 0.00000180. The van der Waals surface area contributed by atoms with Crippen molar-refractivity contribution in [2.24, 2.45) is 0 Å². The molecule has 0 aliphatic carbocycles. The van der Waals surface area contributed by atoms with Crippen molar-refractivity contribution in [2.75, 3.05) is 19.6 Å². The Hall–Kier alpha value is -1.06. The maximum atomic E-state index is 12.3. The highest BCUT2D eigenvalue weighted by molar-refractivity contribution is 5.85. The number of nitrogens with one attached hydrogen (secondary N) is 1. The molecule has 1 heterocycles. The molecule has 1 amide bonds. The molecule has 0 bridgehead atoms. The summed E-state index contributed by atoms with van der Waals surface area (Å²) in [4.78, 5) is 14.3. The van der Waals surface area contributed by atoms with Crippen molar-refractivity contribution in [1.29, 1.82) is 0 Å². The van der Waals surface area contributed by atoms with Crippen LogP contribution in [0, 0.1) is 13.8 Å². The molecule has 0 saturated carbocycles. The lowest BCUT2D eigenvalue weighted by molar-refractivity contribution is -0.133. The van der Waals surface area contributed by atoms with Crippen LogP contribution >= 0.6 is 12.4 Å². The largest absolute Gasteiger partial charge is 0.337 e. The third-order valence-corrected chi connectivity index (χ3v) is 3.67. The van der Waals surface area contributed by atoms with E-state index in [1.807, 2.05) is 4.90 Å². The zero-order chi connectivity index (χ0) is 13.1. The Morgan fingerprint density at radius 3 is 2.84 bits per heavy atom. The molecule has 1 aliphatic heterocycles. The second-order valence-electron chi connectivity index (χ2n) is 5.25. The third-order valence-electron chi connectivity index (χ3n) is 3.67. The molecule has 4 heteroatoms. The summed E-state index contributed by atoms with van der Waals surface area (Å²) in [6, 6.07) is 6.62. The highest BCUT2D eigenvalue weighted by Crippen LogP contribution is 2.14. The molecule has 106 valence electrons. The van der Waals surface area contributed by atoms with Crippen molar-refractivity contribution in [1.82, 2.24) is 10.2 Å². The maximum Gasteiger partial charge on any atom is 0.227 e. The number of carbonyl (C=O) groups is 1. The number of rotatable bonds is 2. The van der Waals surface area contributed by atoms with E-state index in [-0.39, 0.29) is 18.3 Å². The standard InChI is InChI=1S/C15H22N2O.ClH/c1-11-4-5-12(2)14(8-11)9-15(18)17-7-6-16-10-13(17)3;/h4-5,8,13,16H,6-7,9-10H2,1-3H3;1H/t13-;/m0./s1. The molecule has 0 aromatic heterocycles. The van der Waals surface area contributed by atoms with Crippen molar-refractivity contribution in [3.05, 3.63) is 34.9 Å². The van der Waals surface area contributed by atoms with Gasteiger partial charge in [0.05, 0.1) is 6.42 Å². The van der Waals surface area contributed by atoms with E-state index >= 15 is 0 Å². The molecule has 0 unspecified atom stereocenters. The number of amides is 1. The van der Waals surface area contributed by atoms with Gasteiger partial charge in [-0.15, -0.1) is 12.4 Å². The number of halogens is 1. The molecule has 1 fully saturated rings. The Morgan fingerprint density at radius 1 is 1.42 bits per heavy atom. The predicted octanol–water partition coefficient (Wildman–Crippen LogP) is 2.09. The van der Waals surface area contributed by atoms with Crippen LogP contribution < -0.4 is 5.32 Å². The molecule has 2 rings (SSSR count). The third kappa shape index (κ3) is 3.95. The molecule has 1 aliphatic rings.